The lowest BCUT2D eigenvalue weighted by molar-refractivity contribution is -0.144. The van der Waals surface area contributed by atoms with Crippen molar-refractivity contribution in [1.82, 2.24) is 14.7 Å². The van der Waals surface area contributed by atoms with Crippen LogP contribution in [-0.4, -0.2) is 52.3 Å². The summed E-state index contributed by atoms with van der Waals surface area (Å²) >= 11 is 0. The second-order valence-corrected chi connectivity index (χ2v) is 6.11. The second-order valence-electron chi connectivity index (χ2n) is 6.11. The Hall–Kier alpha value is -2.21. The SMILES string of the molecule is CCc1ccc(CN(C)CN2C(=O)C(=O)N(C(C)C)C2=O)cc1. The van der Waals surface area contributed by atoms with E-state index in [1.54, 1.807) is 13.8 Å². The van der Waals surface area contributed by atoms with Crippen LogP contribution in [0.15, 0.2) is 24.3 Å². The van der Waals surface area contributed by atoms with Gasteiger partial charge < -0.3 is 0 Å². The first-order valence-corrected chi connectivity index (χ1v) is 7.80. The standard InChI is InChI=1S/C17H23N3O3/c1-5-13-6-8-14(9-7-13)10-18(4)11-19-15(21)16(22)20(12(2)3)17(19)23/h6-9,12H,5,10-11H2,1-4H3. The minimum Gasteiger partial charge on any atom is -0.284 e. The van der Waals surface area contributed by atoms with E-state index in [0.717, 1.165) is 21.8 Å². The van der Waals surface area contributed by atoms with E-state index in [4.69, 9.17) is 0 Å². The monoisotopic (exact) mass is 317 g/mol. The number of imide groups is 2. The van der Waals surface area contributed by atoms with Crippen molar-refractivity contribution in [3.8, 4) is 0 Å². The normalized spacial score (nSPS) is 15.5. The predicted molar refractivity (Wildman–Crippen MR) is 86.4 cm³/mol. The Kier molecular flexibility index (Phi) is 5.15. The molecule has 0 aromatic heterocycles. The Bertz CT molecular complexity index is 610. The van der Waals surface area contributed by atoms with Crippen molar-refractivity contribution < 1.29 is 14.4 Å². The highest BCUT2D eigenvalue weighted by Gasteiger charge is 2.45. The highest BCUT2D eigenvalue weighted by Crippen LogP contribution is 2.16. The average molecular weight is 317 g/mol. The number of benzene rings is 1. The van der Waals surface area contributed by atoms with Gasteiger partial charge >= 0.3 is 17.8 Å². The number of amides is 4. The van der Waals surface area contributed by atoms with Crippen LogP contribution in [0.3, 0.4) is 0 Å². The average Bonchev–Trinajstić information content (AvgIpc) is 2.71. The van der Waals surface area contributed by atoms with Crippen molar-refractivity contribution in [3.05, 3.63) is 35.4 Å². The van der Waals surface area contributed by atoms with Crippen LogP contribution in [0.4, 0.5) is 4.79 Å². The van der Waals surface area contributed by atoms with Crippen LogP contribution in [0.5, 0.6) is 0 Å². The lowest BCUT2D eigenvalue weighted by Gasteiger charge is -2.23. The molecule has 0 saturated carbocycles. The van der Waals surface area contributed by atoms with Gasteiger partial charge in [-0.05, 0) is 38.4 Å². The summed E-state index contributed by atoms with van der Waals surface area (Å²) in [6.07, 6.45) is 0.986. The molecule has 1 aliphatic heterocycles. The van der Waals surface area contributed by atoms with Crippen LogP contribution in [-0.2, 0) is 22.6 Å². The van der Waals surface area contributed by atoms with E-state index >= 15 is 0 Å². The van der Waals surface area contributed by atoms with Gasteiger partial charge in [0.05, 0.1) is 6.67 Å². The molecule has 1 aromatic carbocycles. The molecule has 4 amide bonds. The van der Waals surface area contributed by atoms with Crippen LogP contribution >= 0.6 is 0 Å². The van der Waals surface area contributed by atoms with Gasteiger partial charge in [0.2, 0.25) is 0 Å². The zero-order valence-corrected chi connectivity index (χ0v) is 14.1. The van der Waals surface area contributed by atoms with Gasteiger partial charge in [-0.1, -0.05) is 31.2 Å². The third kappa shape index (κ3) is 3.59. The van der Waals surface area contributed by atoms with Crippen molar-refractivity contribution in [2.24, 2.45) is 0 Å². The molecular formula is C17H23N3O3. The maximum absolute atomic E-state index is 12.2. The zero-order chi connectivity index (χ0) is 17.1. The topological polar surface area (TPSA) is 60.9 Å². The quantitative estimate of drug-likeness (QED) is 0.593. The maximum Gasteiger partial charge on any atom is 0.335 e. The molecule has 1 aromatic rings. The molecule has 23 heavy (non-hydrogen) atoms. The molecule has 1 aliphatic rings. The highest BCUT2D eigenvalue weighted by atomic mass is 16.2. The fourth-order valence-corrected chi connectivity index (χ4v) is 2.59. The Morgan fingerprint density at radius 3 is 2.04 bits per heavy atom. The fraction of sp³-hybridized carbons (Fsp3) is 0.471. The van der Waals surface area contributed by atoms with Crippen LogP contribution in [0, 0.1) is 0 Å². The third-order valence-electron chi connectivity index (χ3n) is 3.87. The Balaban J connectivity index is 2.01. The summed E-state index contributed by atoms with van der Waals surface area (Å²) in [6.45, 7) is 6.22. The van der Waals surface area contributed by atoms with Crippen molar-refractivity contribution in [1.29, 1.82) is 0 Å². The van der Waals surface area contributed by atoms with Crippen molar-refractivity contribution in [2.45, 2.75) is 39.8 Å². The molecule has 6 heteroatoms. The van der Waals surface area contributed by atoms with Gasteiger partial charge in [0.1, 0.15) is 0 Å². The maximum atomic E-state index is 12.2. The van der Waals surface area contributed by atoms with Gasteiger partial charge in [0, 0.05) is 12.6 Å². The van der Waals surface area contributed by atoms with Crippen LogP contribution in [0.1, 0.15) is 31.9 Å². The first-order chi connectivity index (χ1) is 10.8. The first-order valence-electron chi connectivity index (χ1n) is 7.80. The van der Waals surface area contributed by atoms with E-state index in [1.165, 1.54) is 5.56 Å². The number of urea groups is 1. The van der Waals surface area contributed by atoms with Gasteiger partial charge in [0.25, 0.3) is 0 Å². The van der Waals surface area contributed by atoms with E-state index in [2.05, 4.69) is 19.1 Å². The summed E-state index contributed by atoms with van der Waals surface area (Å²) in [4.78, 5) is 39.9. The van der Waals surface area contributed by atoms with Crippen molar-refractivity contribution in [2.75, 3.05) is 13.7 Å². The first kappa shape index (κ1) is 17.1. The zero-order valence-electron chi connectivity index (χ0n) is 14.1. The molecule has 0 unspecified atom stereocenters. The van der Waals surface area contributed by atoms with Gasteiger partial charge in [-0.2, -0.15) is 0 Å². The molecule has 0 bridgehead atoms. The minimum atomic E-state index is -0.753. The summed E-state index contributed by atoms with van der Waals surface area (Å²) in [5, 5.41) is 0. The molecule has 124 valence electrons. The third-order valence-corrected chi connectivity index (χ3v) is 3.87. The van der Waals surface area contributed by atoms with Crippen molar-refractivity contribution in [3.63, 3.8) is 0 Å². The smallest absolute Gasteiger partial charge is 0.284 e. The molecule has 0 aliphatic carbocycles. The van der Waals surface area contributed by atoms with Gasteiger partial charge in [-0.3, -0.25) is 19.4 Å². The molecule has 0 spiro atoms. The van der Waals surface area contributed by atoms with Crippen LogP contribution in [0.25, 0.3) is 0 Å². The molecule has 0 N–H and O–H groups in total. The molecule has 6 nitrogen and oxygen atoms in total. The molecular weight excluding hydrogens is 294 g/mol. The Morgan fingerprint density at radius 2 is 1.57 bits per heavy atom. The molecule has 1 saturated heterocycles. The number of nitrogens with zero attached hydrogens (tertiary/aromatic N) is 3. The van der Waals surface area contributed by atoms with Crippen LogP contribution < -0.4 is 0 Å². The minimum absolute atomic E-state index is 0.0994. The summed E-state index contributed by atoms with van der Waals surface area (Å²) in [6, 6.07) is 7.35. The molecule has 2 rings (SSSR count). The highest BCUT2D eigenvalue weighted by molar-refractivity contribution is 6.44. The van der Waals surface area contributed by atoms with E-state index in [9.17, 15) is 14.4 Å². The van der Waals surface area contributed by atoms with Gasteiger partial charge in [0.15, 0.2) is 0 Å². The van der Waals surface area contributed by atoms with E-state index in [0.29, 0.717) is 6.54 Å². The largest absolute Gasteiger partial charge is 0.335 e. The van der Waals surface area contributed by atoms with Gasteiger partial charge in [-0.25, -0.2) is 9.69 Å². The van der Waals surface area contributed by atoms with E-state index in [1.807, 2.05) is 24.1 Å². The van der Waals surface area contributed by atoms with E-state index < -0.39 is 17.8 Å². The number of carbonyl (C=O) groups excluding carboxylic acids is 3. The predicted octanol–water partition coefficient (Wildman–Crippen LogP) is 1.84. The molecule has 0 radical (unpaired) electrons. The molecule has 1 fully saturated rings. The number of hydrogen-bond donors (Lipinski definition) is 0. The Morgan fingerprint density at radius 1 is 1.00 bits per heavy atom. The lowest BCUT2D eigenvalue weighted by atomic mass is 10.1. The van der Waals surface area contributed by atoms with Crippen molar-refractivity contribution >= 4 is 17.8 Å². The number of hydrogen-bond acceptors (Lipinski definition) is 4. The molecule has 1 heterocycles. The lowest BCUT2D eigenvalue weighted by Crippen LogP contribution is -2.41. The van der Waals surface area contributed by atoms with Crippen LogP contribution in [0.2, 0.25) is 0 Å². The number of aryl methyl sites for hydroxylation is 1. The summed E-state index contributed by atoms with van der Waals surface area (Å²) in [5.74, 6) is -1.50. The number of rotatable bonds is 6. The Labute approximate surface area is 136 Å². The van der Waals surface area contributed by atoms with E-state index in [-0.39, 0.29) is 12.7 Å². The summed E-state index contributed by atoms with van der Waals surface area (Å²) < 4.78 is 0. The number of carbonyl (C=O) groups is 3. The van der Waals surface area contributed by atoms with Gasteiger partial charge in [-0.15, -0.1) is 0 Å². The second kappa shape index (κ2) is 6.91. The summed E-state index contributed by atoms with van der Waals surface area (Å²) in [7, 11) is 1.82. The summed E-state index contributed by atoms with van der Waals surface area (Å²) in [5.41, 5.74) is 2.36. The molecule has 0 atom stereocenters. The fourth-order valence-electron chi connectivity index (χ4n) is 2.59.